The molecule has 0 N–H and O–H groups in total. The van der Waals surface area contributed by atoms with E-state index in [2.05, 4.69) is 48.5 Å². The summed E-state index contributed by atoms with van der Waals surface area (Å²) in [6.45, 7) is 17.7. The van der Waals surface area contributed by atoms with E-state index in [1.807, 2.05) is 0 Å². The third-order valence-corrected chi connectivity index (χ3v) is 5.52. The molecule has 114 valence electrons. The first-order valence-corrected chi connectivity index (χ1v) is 7.40. The van der Waals surface area contributed by atoms with Gasteiger partial charge in [-0.25, -0.2) is 4.79 Å². The summed E-state index contributed by atoms with van der Waals surface area (Å²) < 4.78 is 0. The van der Waals surface area contributed by atoms with Crippen LogP contribution in [0.3, 0.4) is 0 Å². The van der Waals surface area contributed by atoms with Crippen LogP contribution in [0.1, 0.15) is 74.7 Å². The van der Waals surface area contributed by atoms with Crippen molar-refractivity contribution in [2.75, 3.05) is 6.61 Å². The van der Waals surface area contributed by atoms with Gasteiger partial charge in [-0.3, -0.25) is 4.89 Å². The molecule has 0 unspecified atom stereocenters. The second kappa shape index (κ2) is 6.74. The Hall–Kier alpha value is -0.570. The van der Waals surface area contributed by atoms with E-state index in [0.717, 1.165) is 12.8 Å². The van der Waals surface area contributed by atoms with E-state index in [0.29, 0.717) is 13.0 Å². The molecular formula is C16H32O3. The molecule has 0 aliphatic rings. The molecule has 0 aromatic heterocycles. The van der Waals surface area contributed by atoms with Crippen LogP contribution in [-0.2, 0) is 14.6 Å². The average molecular weight is 272 g/mol. The fourth-order valence-electron chi connectivity index (χ4n) is 2.62. The van der Waals surface area contributed by atoms with Crippen molar-refractivity contribution in [1.29, 1.82) is 0 Å². The van der Waals surface area contributed by atoms with Crippen molar-refractivity contribution >= 4 is 5.97 Å². The van der Waals surface area contributed by atoms with E-state index in [1.165, 1.54) is 0 Å². The second-order valence-corrected chi connectivity index (χ2v) is 6.85. The topological polar surface area (TPSA) is 35.5 Å². The van der Waals surface area contributed by atoms with Crippen LogP contribution < -0.4 is 0 Å². The van der Waals surface area contributed by atoms with E-state index in [9.17, 15) is 4.79 Å². The number of hydrogen-bond donors (Lipinski definition) is 0. The highest BCUT2D eigenvalue weighted by Gasteiger charge is 2.51. The van der Waals surface area contributed by atoms with Gasteiger partial charge in [0.2, 0.25) is 0 Å². The summed E-state index contributed by atoms with van der Waals surface area (Å²) in [5, 5.41) is 0. The summed E-state index contributed by atoms with van der Waals surface area (Å²) >= 11 is 0. The maximum atomic E-state index is 12.0. The van der Waals surface area contributed by atoms with Crippen LogP contribution in [0.25, 0.3) is 0 Å². The summed E-state index contributed by atoms with van der Waals surface area (Å²) in [6.07, 6.45) is 2.43. The van der Waals surface area contributed by atoms with Crippen LogP contribution in [0.5, 0.6) is 0 Å². The molecule has 19 heavy (non-hydrogen) atoms. The van der Waals surface area contributed by atoms with E-state index < -0.39 is 0 Å². The first-order chi connectivity index (χ1) is 8.58. The SMILES string of the molecule is CCOOC(=O)CC(C)(C(C)(C)CC)C(C)(C)CC. The van der Waals surface area contributed by atoms with Crippen molar-refractivity contribution in [3.8, 4) is 0 Å². The fourth-order valence-corrected chi connectivity index (χ4v) is 2.62. The van der Waals surface area contributed by atoms with Gasteiger partial charge in [0.05, 0.1) is 13.0 Å². The van der Waals surface area contributed by atoms with Crippen molar-refractivity contribution in [3.05, 3.63) is 0 Å². The van der Waals surface area contributed by atoms with Crippen molar-refractivity contribution in [3.63, 3.8) is 0 Å². The molecule has 0 atom stereocenters. The highest BCUT2D eigenvalue weighted by atomic mass is 17.2. The molecule has 0 saturated heterocycles. The molecule has 0 aliphatic heterocycles. The van der Waals surface area contributed by atoms with E-state index in [4.69, 9.17) is 9.78 Å². The minimum atomic E-state index is -0.271. The molecule has 0 heterocycles. The zero-order valence-electron chi connectivity index (χ0n) is 14.1. The van der Waals surface area contributed by atoms with Gasteiger partial charge in [0, 0.05) is 0 Å². The van der Waals surface area contributed by atoms with Crippen LogP contribution in [0, 0.1) is 16.2 Å². The third kappa shape index (κ3) is 3.95. The van der Waals surface area contributed by atoms with Crippen LogP contribution >= 0.6 is 0 Å². The van der Waals surface area contributed by atoms with Gasteiger partial charge in [-0.2, -0.15) is 4.89 Å². The van der Waals surface area contributed by atoms with Gasteiger partial charge >= 0.3 is 5.97 Å². The molecule has 0 fully saturated rings. The van der Waals surface area contributed by atoms with Crippen molar-refractivity contribution in [1.82, 2.24) is 0 Å². The quantitative estimate of drug-likeness (QED) is 0.472. The van der Waals surface area contributed by atoms with Gasteiger partial charge in [0.1, 0.15) is 0 Å². The zero-order valence-corrected chi connectivity index (χ0v) is 14.1. The molecule has 0 saturated carbocycles. The van der Waals surface area contributed by atoms with Crippen LogP contribution in [-0.4, -0.2) is 12.6 Å². The predicted octanol–water partition coefficient (Wildman–Crippen LogP) is 4.75. The van der Waals surface area contributed by atoms with Crippen molar-refractivity contribution in [2.24, 2.45) is 16.2 Å². The minimum Gasteiger partial charge on any atom is -0.298 e. The van der Waals surface area contributed by atoms with Gasteiger partial charge in [0.15, 0.2) is 0 Å². The number of hydrogen-bond acceptors (Lipinski definition) is 3. The molecule has 0 aromatic carbocycles. The number of carbonyl (C=O) groups excluding carboxylic acids is 1. The molecular weight excluding hydrogens is 240 g/mol. The van der Waals surface area contributed by atoms with E-state index in [1.54, 1.807) is 6.92 Å². The smallest absolute Gasteiger partial charge is 0.298 e. The maximum absolute atomic E-state index is 12.0. The second-order valence-electron chi connectivity index (χ2n) is 6.85. The third-order valence-electron chi connectivity index (χ3n) is 5.52. The van der Waals surface area contributed by atoms with Crippen LogP contribution in [0.15, 0.2) is 0 Å². The first kappa shape index (κ1) is 18.4. The van der Waals surface area contributed by atoms with E-state index >= 15 is 0 Å². The molecule has 0 aromatic rings. The molecule has 0 radical (unpaired) electrons. The Morgan fingerprint density at radius 3 is 1.63 bits per heavy atom. The normalized spacial score (nSPS) is 13.5. The zero-order chi connectivity index (χ0) is 15.3. The lowest BCUT2D eigenvalue weighted by atomic mass is 9.51. The Balaban J connectivity index is 5.25. The van der Waals surface area contributed by atoms with Gasteiger partial charge in [-0.05, 0) is 23.2 Å². The van der Waals surface area contributed by atoms with Crippen LogP contribution in [0.2, 0.25) is 0 Å². The van der Waals surface area contributed by atoms with Gasteiger partial charge in [-0.1, -0.05) is 61.3 Å². The molecule has 0 rings (SSSR count). The standard InChI is InChI=1S/C16H32O3/c1-9-14(4,5)16(8,15(6,7)10-2)12-13(17)19-18-11-3/h9-12H2,1-8H3. The monoisotopic (exact) mass is 272 g/mol. The number of carbonyl (C=O) groups is 1. The Morgan fingerprint density at radius 2 is 1.32 bits per heavy atom. The van der Waals surface area contributed by atoms with Gasteiger partial charge in [-0.15, -0.1) is 0 Å². The lowest BCUT2D eigenvalue weighted by Crippen LogP contribution is -2.48. The Bertz CT molecular complexity index is 276. The molecule has 0 spiro atoms. The summed E-state index contributed by atoms with van der Waals surface area (Å²) in [5.41, 5.74) is -0.0345. The summed E-state index contributed by atoms with van der Waals surface area (Å²) in [4.78, 5) is 21.6. The Morgan fingerprint density at radius 1 is 0.895 bits per heavy atom. The van der Waals surface area contributed by atoms with Crippen molar-refractivity contribution < 1.29 is 14.6 Å². The first-order valence-electron chi connectivity index (χ1n) is 7.40. The van der Waals surface area contributed by atoms with Gasteiger partial charge in [0.25, 0.3) is 0 Å². The summed E-state index contributed by atoms with van der Waals surface area (Å²) in [5.74, 6) is -0.271. The average Bonchev–Trinajstić information content (AvgIpc) is 2.35. The molecule has 0 aliphatic carbocycles. The summed E-state index contributed by atoms with van der Waals surface area (Å²) in [7, 11) is 0. The summed E-state index contributed by atoms with van der Waals surface area (Å²) in [6, 6.07) is 0. The Labute approximate surface area is 119 Å². The highest BCUT2D eigenvalue weighted by Crippen LogP contribution is 2.56. The Kier molecular flexibility index (Phi) is 6.53. The predicted molar refractivity (Wildman–Crippen MR) is 78.6 cm³/mol. The van der Waals surface area contributed by atoms with Crippen molar-refractivity contribution in [2.45, 2.75) is 74.7 Å². The minimum absolute atomic E-state index is 0.0533. The lowest BCUT2D eigenvalue weighted by molar-refractivity contribution is -0.273. The number of rotatable bonds is 8. The molecule has 0 amide bonds. The molecule has 3 heteroatoms. The molecule has 0 bridgehead atoms. The van der Waals surface area contributed by atoms with E-state index in [-0.39, 0.29) is 22.2 Å². The van der Waals surface area contributed by atoms with Crippen LogP contribution in [0.4, 0.5) is 0 Å². The molecule has 3 nitrogen and oxygen atoms in total. The largest absolute Gasteiger partial charge is 0.342 e. The lowest BCUT2D eigenvalue weighted by Gasteiger charge is -2.53. The van der Waals surface area contributed by atoms with Gasteiger partial charge < -0.3 is 0 Å². The fraction of sp³-hybridized carbons (Fsp3) is 0.938. The highest BCUT2D eigenvalue weighted by molar-refractivity contribution is 5.70. The maximum Gasteiger partial charge on any atom is 0.342 e.